The lowest BCUT2D eigenvalue weighted by Crippen LogP contribution is -2.18. The number of carbonyl (C=O) groups excluding carboxylic acids is 2. The van der Waals surface area contributed by atoms with Crippen molar-refractivity contribution in [3.05, 3.63) is 12.2 Å². The van der Waals surface area contributed by atoms with Gasteiger partial charge in [0.25, 0.3) is 0 Å². The van der Waals surface area contributed by atoms with Crippen LogP contribution in [0.15, 0.2) is 12.2 Å². The van der Waals surface area contributed by atoms with E-state index >= 15 is 0 Å². The maximum absolute atomic E-state index is 11.6. The Balaban J connectivity index is 3.38. The van der Waals surface area contributed by atoms with Gasteiger partial charge in [0, 0.05) is 12.8 Å². The highest BCUT2D eigenvalue weighted by Crippen LogP contribution is 2.15. The molecule has 0 atom stereocenters. The lowest BCUT2D eigenvalue weighted by atomic mass is 9.99. The molecule has 0 amide bonds. The minimum atomic E-state index is -0.0734. The van der Waals surface area contributed by atoms with Crippen LogP contribution in [0, 0.1) is 10.8 Å². The molecule has 0 aliphatic rings. The van der Waals surface area contributed by atoms with Gasteiger partial charge in [-0.15, -0.1) is 0 Å². The molecule has 0 unspecified atom stereocenters. The first kappa shape index (κ1) is 28.7. The Morgan fingerprint density at radius 3 is 1.33 bits per heavy atom. The van der Waals surface area contributed by atoms with Crippen molar-refractivity contribution >= 4 is 11.9 Å². The number of rotatable bonds is 16. The largest absolute Gasteiger partial charge is 0.465 e. The summed E-state index contributed by atoms with van der Waals surface area (Å²) in [5, 5.41) is 0. The number of hydrogen-bond donors (Lipinski definition) is 0. The van der Waals surface area contributed by atoms with Crippen molar-refractivity contribution in [2.45, 2.75) is 119 Å². The molecular formula is C26H48O4. The molecule has 4 heteroatoms. The van der Waals surface area contributed by atoms with Crippen LogP contribution in [0.4, 0.5) is 0 Å². The highest BCUT2D eigenvalue weighted by atomic mass is 16.5. The summed E-state index contributed by atoms with van der Waals surface area (Å²) in [5.74, 6) is -0.132. The highest BCUT2D eigenvalue weighted by Gasteiger charge is 2.14. The van der Waals surface area contributed by atoms with Crippen LogP contribution in [-0.2, 0) is 19.1 Å². The number of esters is 2. The van der Waals surface area contributed by atoms with Gasteiger partial charge in [-0.1, -0.05) is 79.4 Å². The number of carbonyl (C=O) groups is 2. The van der Waals surface area contributed by atoms with Gasteiger partial charge in [0.1, 0.15) is 0 Å². The second kappa shape index (κ2) is 16.4. The molecule has 0 fully saturated rings. The molecule has 0 aromatic rings. The highest BCUT2D eigenvalue weighted by molar-refractivity contribution is 5.69. The summed E-state index contributed by atoms with van der Waals surface area (Å²) in [4.78, 5) is 23.3. The third-order valence-electron chi connectivity index (χ3n) is 4.50. The van der Waals surface area contributed by atoms with Crippen LogP contribution >= 0.6 is 0 Å². The molecule has 0 aromatic heterocycles. The van der Waals surface area contributed by atoms with Gasteiger partial charge in [-0.25, -0.2) is 0 Å². The standard InChI is InChI=1S/C26H48O4/c1-25(2,3)21-29-23(27)19-17-15-13-11-9-7-8-10-12-14-16-18-20-24(28)30-22-26(4,5)6/h9,11H,7-8,10,12-22H2,1-6H3/b11-9+. The molecule has 0 heterocycles. The number of hydrogen-bond acceptors (Lipinski definition) is 4. The summed E-state index contributed by atoms with van der Waals surface area (Å²) in [6.07, 6.45) is 16.6. The minimum absolute atomic E-state index is 0.0400. The molecule has 176 valence electrons. The second-order valence-electron chi connectivity index (χ2n) is 10.8. The van der Waals surface area contributed by atoms with Crippen molar-refractivity contribution in [2.24, 2.45) is 10.8 Å². The van der Waals surface area contributed by atoms with Crippen LogP contribution < -0.4 is 0 Å². The van der Waals surface area contributed by atoms with Gasteiger partial charge in [0.15, 0.2) is 0 Å². The Kier molecular flexibility index (Phi) is 15.7. The molecular weight excluding hydrogens is 376 g/mol. The Labute approximate surface area is 186 Å². The average Bonchev–Trinajstić information content (AvgIpc) is 2.63. The van der Waals surface area contributed by atoms with E-state index in [1.165, 1.54) is 25.7 Å². The zero-order chi connectivity index (χ0) is 22.9. The fourth-order valence-corrected chi connectivity index (χ4v) is 2.74. The normalized spacial score (nSPS) is 12.3. The second-order valence-corrected chi connectivity index (χ2v) is 10.8. The van der Waals surface area contributed by atoms with E-state index in [9.17, 15) is 9.59 Å². The van der Waals surface area contributed by atoms with Crippen LogP contribution in [0.3, 0.4) is 0 Å². The van der Waals surface area contributed by atoms with Crippen LogP contribution in [0.25, 0.3) is 0 Å². The molecule has 0 bridgehead atoms. The van der Waals surface area contributed by atoms with Crippen LogP contribution in [0.2, 0.25) is 0 Å². The SMILES string of the molecule is CC(C)(C)COC(=O)CCCC/C=C/CCCCCCCCC(=O)OCC(C)(C)C. The van der Waals surface area contributed by atoms with E-state index in [0.717, 1.165) is 38.5 Å². The van der Waals surface area contributed by atoms with Gasteiger partial charge in [-0.3, -0.25) is 9.59 Å². The molecule has 0 aliphatic heterocycles. The molecule has 0 saturated carbocycles. The van der Waals surface area contributed by atoms with Crippen LogP contribution in [0.1, 0.15) is 119 Å². The molecule has 0 spiro atoms. The third kappa shape index (κ3) is 23.0. The predicted molar refractivity (Wildman–Crippen MR) is 125 cm³/mol. The number of allylic oxidation sites excluding steroid dienone is 2. The summed E-state index contributed by atoms with van der Waals surface area (Å²) in [6.45, 7) is 13.4. The maximum Gasteiger partial charge on any atom is 0.305 e. The maximum atomic E-state index is 11.6. The summed E-state index contributed by atoms with van der Waals surface area (Å²) in [5.41, 5.74) is 0.0856. The van der Waals surface area contributed by atoms with Crippen molar-refractivity contribution in [1.82, 2.24) is 0 Å². The molecule has 0 aromatic carbocycles. The van der Waals surface area contributed by atoms with Gasteiger partial charge in [-0.2, -0.15) is 0 Å². The van der Waals surface area contributed by atoms with E-state index in [-0.39, 0.29) is 22.8 Å². The van der Waals surface area contributed by atoms with Gasteiger partial charge in [-0.05, 0) is 49.4 Å². The van der Waals surface area contributed by atoms with Crippen molar-refractivity contribution in [2.75, 3.05) is 13.2 Å². The Morgan fingerprint density at radius 2 is 0.900 bits per heavy atom. The summed E-state index contributed by atoms with van der Waals surface area (Å²) < 4.78 is 10.5. The molecule has 0 aliphatic carbocycles. The van der Waals surface area contributed by atoms with Crippen molar-refractivity contribution in [3.8, 4) is 0 Å². The Morgan fingerprint density at radius 1 is 0.567 bits per heavy atom. The fourth-order valence-electron chi connectivity index (χ4n) is 2.74. The van der Waals surface area contributed by atoms with E-state index in [4.69, 9.17) is 9.47 Å². The first-order valence-electron chi connectivity index (χ1n) is 12.0. The molecule has 0 radical (unpaired) electrons. The molecule has 0 saturated heterocycles. The fraction of sp³-hybridized carbons (Fsp3) is 0.846. The van der Waals surface area contributed by atoms with E-state index in [1.54, 1.807) is 0 Å². The van der Waals surface area contributed by atoms with Crippen LogP contribution in [-0.4, -0.2) is 25.2 Å². The smallest absolute Gasteiger partial charge is 0.305 e. The van der Waals surface area contributed by atoms with Crippen molar-refractivity contribution in [3.63, 3.8) is 0 Å². The first-order chi connectivity index (χ1) is 14.0. The molecule has 0 N–H and O–H groups in total. The first-order valence-corrected chi connectivity index (χ1v) is 12.0. The molecule has 30 heavy (non-hydrogen) atoms. The molecule has 4 nitrogen and oxygen atoms in total. The Bertz CT molecular complexity index is 480. The summed E-state index contributed by atoms with van der Waals surface area (Å²) >= 11 is 0. The van der Waals surface area contributed by atoms with E-state index in [0.29, 0.717) is 26.1 Å². The lowest BCUT2D eigenvalue weighted by molar-refractivity contribution is -0.147. The Hall–Kier alpha value is -1.32. The minimum Gasteiger partial charge on any atom is -0.465 e. The van der Waals surface area contributed by atoms with E-state index in [1.807, 2.05) is 0 Å². The monoisotopic (exact) mass is 424 g/mol. The zero-order valence-corrected chi connectivity index (χ0v) is 20.7. The van der Waals surface area contributed by atoms with Crippen molar-refractivity contribution < 1.29 is 19.1 Å². The molecule has 0 rings (SSSR count). The van der Waals surface area contributed by atoms with Gasteiger partial charge in [0.05, 0.1) is 13.2 Å². The topological polar surface area (TPSA) is 52.6 Å². The summed E-state index contributed by atoms with van der Waals surface area (Å²) in [7, 11) is 0. The van der Waals surface area contributed by atoms with E-state index in [2.05, 4.69) is 53.7 Å². The average molecular weight is 425 g/mol. The van der Waals surface area contributed by atoms with E-state index < -0.39 is 0 Å². The number of unbranched alkanes of at least 4 members (excludes halogenated alkanes) is 8. The summed E-state index contributed by atoms with van der Waals surface area (Å²) in [6, 6.07) is 0. The third-order valence-corrected chi connectivity index (χ3v) is 4.50. The predicted octanol–water partition coefficient (Wildman–Crippen LogP) is 7.40. The number of ether oxygens (including phenoxy) is 2. The van der Waals surface area contributed by atoms with Crippen LogP contribution in [0.5, 0.6) is 0 Å². The quantitative estimate of drug-likeness (QED) is 0.147. The van der Waals surface area contributed by atoms with Gasteiger partial charge in [0.2, 0.25) is 0 Å². The van der Waals surface area contributed by atoms with Gasteiger partial charge >= 0.3 is 11.9 Å². The van der Waals surface area contributed by atoms with Crippen molar-refractivity contribution in [1.29, 1.82) is 0 Å². The zero-order valence-electron chi connectivity index (χ0n) is 20.7. The lowest BCUT2D eigenvalue weighted by Gasteiger charge is -2.17. The van der Waals surface area contributed by atoms with Gasteiger partial charge < -0.3 is 9.47 Å².